The molecule has 0 heterocycles. The zero-order valence-corrected chi connectivity index (χ0v) is 28.7. The first kappa shape index (κ1) is 40.0. The summed E-state index contributed by atoms with van der Waals surface area (Å²) in [6.45, 7) is 2.20. The van der Waals surface area contributed by atoms with Gasteiger partial charge in [0.25, 0.3) is 11.8 Å². The number of benzene rings is 3. The minimum Gasteiger partial charge on any atom is -0.497 e. The summed E-state index contributed by atoms with van der Waals surface area (Å²) in [4.78, 5) is 52.6. The minimum atomic E-state index is -5.02. The van der Waals surface area contributed by atoms with E-state index in [1.807, 2.05) is 0 Å². The first-order chi connectivity index (χ1) is 23.3. The van der Waals surface area contributed by atoms with E-state index in [-0.39, 0.29) is 17.7 Å². The first-order valence-electron chi connectivity index (χ1n) is 15.0. The zero-order chi connectivity index (χ0) is 37.4. The predicted octanol–water partition coefficient (Wildman–Crippen LogP) is 6.18. The van der Waals surface area contributed by atoms with Crippen LogP contribution in [0.2, 0.25) is 10.0 Å². The number of halogens is 7. The summed E-state index contributed by atoms with van der Waals surface area (Å²) in [5.41, 5.74) is 1.43. The first-order valence-corrected chi connectivity index (χ1v) is 15.8. The Morgan fingerprint density at radius 1 is 0.820 bits per heavy atom. The van der Waals surface area contributed by atoms with E-state index < -0.39 is 66.3 Å². The van der Waals surface area contributed by atoms with Crippen LogP contribution in [-0.2, 0) is 25.6 Å². The molecule has 0 spiro atoms. The number of methoxy groups -OCH3 is 1. The Balaban J connectivity index is 1.97. The number of amides is 3. The molecule has 3 N–H and O–H groups in total. The molecule has 0 fully saturated rings. The second kappa shape index (κ2) is 17.0. The van der Waals surface area contributed by atoms with Crippen LogP contribution in [0.4, 0.5) is 22.0 Å². The molecule has 0 aliphatic carbocycles. The van der Waals surface area contributed by atoms with E-state index in [9.17, 15) is 41.1 Å². The van der Waals surface area contributed by atoms with E-state index in [4.69, 9.17) is 32.7 Å². The molecular formula is C34H34Cl2F5N3O6. The van der Waals surface area contributed by atoms with Gasteiger partial charge < -0.3 is 25.4 Å². The molecule has 9 nitrogen and oxygen atoms in total. The molecule has 3 rings (SSSR count). The summed E-state index contributed by atoms with van der Waals surface area (Å²) in [5, 5.41) is 6.40. The Hall–Kier alpha value is -4.43. The molecule has 0 aromatic heterocycles. The monoisotopic (exact) mass is 745 g/mol. The van der Waals surface area contributed by atoms with Gasteiger partial charge in [0.05, 0.1) is 13.2 Å². The number of alkyl halides is 5. The van der Waals surface area contributed by atoms with Gasteiger partial charge in [-0.3, -0.25) is 19.2 Å². The van der Waals surface area contributed by atoms with Crippen LogP contribution >= 0.6 is 23.2 Å². The second-order valence-corrected chi connectivity index (χ2v) is 12.5. The molecular weight excluding hydrogens is 712 g/mol. The Kier molecular flexibility index (Phi) is 13.6. The summed E-state index contributed by atoms with van der Waals surface area (Å²) in [7, 11) is 1.39. The van der Waals surface area contributed by atoms with Crippen LogP contribution in [0.1, 0.15) is 36.6 Å². The van der Waals surface area contributed by atoms with E-state index in [2.05, 4.69) is 10.6 Å². The Morgan fingerprint density at radius 2 is 1.48 bits per heavy atom. The van der Waals surface area contributed by atoms with Gasteiger partial charge in [0.1, 0.15) is 24.1 Å². The van der Waals surface area contributed by atoms with E-state index in [1.54, 1.807) is 43.3 Å². The number of ketones is 1. The highest BCUT2D eigenvalue weighted by atomic mass is 35.5. The average molecular weight is 747 g/mol. The predicted molar refractivity (Wildman–Crippen MR) is 175 cm³/mol. The smallest absolute Gasteiger partial charge is 0.405 e. The van der Waals surface area contributed by atoms with Crippen LogP contribution in [0.5, 0.6) is 11.5 Å². The number of Topliss-reactive ketones (excluding diaryl/α,β-unsaturated/α-hetero) is 1. The van der Waals surface area contributed by atoms with Crippen LogP contribution in [0.15, 0.2) is 66.7 Å². The maximum absolute atomic E-state index is 14.9. The standard InChI is InChI=1S/C34H34Cl2F5N3O6/c1-18(2)27(29(45)34(40,41)32(48)42-17-33(37,38)39)43-31(47)28(21-8-10-24(49-4)11-9-21)44-30(46)26(15-20-6-5-7-22(35)14-20)50-25-13-19(3)12-23(36)16-25/h5-14,16,18,26-28H,15,17H2,1-4H3,(H,42,48)(H,43,47)(H,44,46). The molecule has 0 saturated heterocycles. The topological polar surface area (TPSA) is 123 Å². The van der Waals surface area contributed by atoms with Crippen LogP contribution in [0, 0.1) is 12.8 Å². The van der Waals surface area contributed by atoms with Crippen LogP contribution in [0.3, 0.4) is 0 Å². The summed E-state index contributed by atoms with van der Waals surface area (Å²) >= 11 is 12.3. The molecule has 0 saturated carbocycles. The van der Waals surface area contributed by atoms with Crippen molar-refractivity contribution >= 4 is 46.7 Å². The summed E-state index contributed by atoms with van der Waals surface area (Å²) in [6, 6.07) is 13.4. The molecule has 0 bridgehead atoms. The molecule has 3 aromatic rings. The number of hydrogen-bond donors (Lipinski definition) is 3. The van der Waals surface area contributed by atoms with Crippen LogP contribution in [0.25, 0.3) is 0 Å². The van der Waals surface area contributed by atoms with Crippen molar-refractivity contribution in [2.24, 2.45) is 5.92 Å². The normalized spacial score (nSPS) is 13.5. The molecule has 3 atom stereocenters. The molecule has 3 aromatic carbocycles. The third kappa shape index (κ3) is 11.3. The zero-order valence-electron chi connectivity index (χ0n) is 27.2. The minimum absolute atomic E-state index is 0.0543. The number of carbonyl (C=O) groups is 4. The van der Waals surface area contributed by atoms with Gasteiger partial charge in [-0.15, -0.1) is 0 Å². The molecule has 50 heavy (non-hydrogen) atoms. The summed E-state index contributed by atoms with van der Waals surface area (Å²) in [6.07, 6.45) is -6.39. The number of ether oxygens (including phenoxy) is 2. The van der Waals surface area contributed by atoms with Gasteiger partial charge in [0.15, 0.2) is 6.10 Å². The highest BCUT2D eigenvalue weighted by molar-refractivity contribution is 6.31. The number of rotatable bonds is 15. The van der Waals surface area contributed by atoms with Gasteiger partial charge in [0.2, 0.25) is 11.7 Å². The van der Waals surface area contributed by atoms with Crippen molar-refractivity contribution in [3.8, 4) is 11.5 Å². The average Bonchev–Trinajstić information content (AvgIpc) is 3.03. The fourth-order valence-electron chi connectivity index (χ4n) is 4.70. The lowest BCUT2D eigenvalue weighted by atomic mass is 9.94. The van der Waals surface area contributed by atoms with E-state index in [1.165, 1.54) is 51.3 Å². The lowest BCUT2D eigenvalue weighted by molar-refractivity contribution is -0.165. The maximum atomic E-state index is 14.9. The second-order valence-electron chi connectivity index (χ2n) is 11.6. The molecule has 3 unspecified atom stereocenters. The highest BCUT2D eigenvalue weighted by Crippen LogP contribution is 2.26. The van der Waals surface area contributed by atoms with Crippen molar-refractivity contribution in [1.82, 2.24) is 16.0 Å². The molecule has 0 radical (unpaired) electrons. The quantitative estimate of drug-likeness (QED) is 0.126. The molecule has 0 aliphatic rings. The van der Waals surface area contributed by atoms with Crippen LogP contribution in [-0.4, -0.2) is 61.4 Å². The fraction of sp³-hybridized carbons (Fsp3) is 0.353. The third-order valence-electron chi connectivity index (χ3n) is 7.19. The fourth-order valence-corrected chi connectivity index (χ4v) is 5.20. The van der Waals surface area contributed by atoms with Crippen molar-refractivity contribution in [2.45, 2.75) is 57.5 Å². The van der Waals surface area contributed by atoms with E-state index in [0.29, 0.717) is 21.4 Å². The van der Waals surface area contributed by atoms with Crippen molar-refractivity contribution in [3.05, 3.63) is 93.5 Å². The Morgan fingerprint density at radius 3 is 2.04 bits per heavy atom. The van der Waals surface area contributed by atoms with Crippen molar-refractivity contribution in [1.29, 1.82) is 0 Å². The molecule has 3 amide bonds. The van der Waals surface area contributed by atoms with Gasteiger partial charge in [-0.25, -0.2) is 0 Å². The Bertz CT molecular complexity index is 1670. The Labute approximate surface area is 294 Å². The molecule has 0 aliphatic heterocycles. The van der Waals surface area contributed by atoms with Gasteiger partial charge in [0, 0.05) is 16.5 Å². The summed E-state index contributed by atoms with van der Waals surface area (Å²) < 4.78 is 78.6. The lowest BCUT2D eigenvalue weighted by Gasteiger charge is -2.28. The van der Waals surface area contributed by atoms with Crippen LogP contribution < -0.4 is 25.4 Å². The van der Waals surface area contributed by atoms with E-state index in [0.717, 1.165) is 10.9 Å². The van der Waals surface area contributed by atoms with Gasteiger partial charge >= 0.3 is 12.1 Å². The van der Waals surface area contributed by atoms with Gasteiger partial charge in [-0.05, 0) is 72.0 Å². The van der Waals surface area contributed by atoms with Gasteiger partial charge in [-0.1, -0.05) is 61.3 Å². The third-order valence-corrected chi connectivity index (χ3v) is 7.64. The molecule has 16 heteroatoms. The summed E-state index contributed by atoms with van der Waals surface area (Å²) in [5.74, 6) is -12.1. The molecule has 270 valence electrons. The van der Waals surface area contributed by atoms with Crippen molar-refractivity contribution in [2.75, 3.05) is 13.7 Å². The highest BCUT2D eigenvalue weighted by Gasteiger charge is 2.52. The number of aryl methyl sites for hydroxylation is 1. The number of nitrogens with one attached hydrogen (secondary N) is 3. The maximum Gasteiger partial charge on any atom is 0.405 e. The number of hydrogen-bond acceptors (Lipinski definition) is 6. The van der Waals surface area contributed by atoms with Crippen molar-refractivity contribution < 1.29 is 50.6 Å². The van der Waals surface area contributed by atoms with E-state index >= 15 is 0 Å². The van der Waals surface area contributed by atoms with Gasteiger partial charge in [-0.2, -0.15) is 22.0 Å². The number of carbonyl (C=O) groups excluding carboxylic acids is 4. The lowest BCUT2D eigenvalue weighted by Crippen LogP contribution is -2.58. The largest absolute Gasteiger partial charge is 0.497 e. The van der Waals surface area contributed by atoms with Crippen molar-refractivity contribution in [3.63, 3.8) is 0 Å². The SMILES string of the molecule is COc1ccc(C(NC(=O)C(Cc2cccc(Cl)c2)Oc2cc(C)cc(Cl)c2)C(=O)NC(C(=O)C(F)(F)C(=O)NCC(F)(F)F)C(C)C)cc1.